The minimum absolute atomic E-state index is 0.00148. The van der Waals surface area contributed by atoms with Crippen LogP contribution in [0.15, 0.2) is 33.4 Å². The second kappa shape index (κ2) is 4.49. The van der Waals surface area contributed by atoms with Crippen molar-refractivity contribution in [2.75, 3.05) is 0 Å². The number of H-pyrrole nitrogens is 1. The average molecular weight is 300 g/mol. The first-order valence-corrected chi connectivity index (χ1v) is 5.96. The number of aromatic hydroxyl groups is 1. The summed E-state index contributed by atoms with van der Waals surface area (Å²) in [6, 6.07) is 1.39. The van der Waals surface area contributed by atoms with Crippen molar-refractivity contribution >= 4 is 21.5 Å². The van der Waals surface area contributed by atoms with E-state index in [-0.39, 0.29) is 17.5 Å². The highest BCUT2D eigenvalue weighted by atomic mass is 79.9. The number of aromatic amines is 1. The summed E-state index contributed by atoms with van der Waals surface area (Å²) in [7, 11) is 0. The van der Waals surface area contributed by atoms with Crippen LogP contribution in [0.1, 0.15) is 18.9 Å². The normalized spacial score (nSPS) is 19.8. The summed E-state index contributed by atoms with van der Waals surface area (Å²) in [5.74, 6) is -0.501. The molecule has 1 aromatic rings. The second-order valence-electron chi connectivity index (χ2n) is 4.05. The van der Waals surface area contributed by atoms with Crippen molar-refractivity contribution in [2.45, 2.75) is 13.3 Å². The Morgan fingerprint density at radius 3 is 2.88 bits per heavy atom. The Morgan fingerprint density at radius 1 is 1.53 bits per heavy atom. The molecule has 0 spiro atoms. The Labute approximate surface area is 106 Å². The van der Waals surface area contributed by atoms with Crippen molar-refractivity contribution < 1.29 is 9.50 Å². The van der Waals surface area contributed by atoms with Gasteiger partial charge in [-0.25, -0.2) is 4.39 Å². The molecular weight excluding hydrogens is 289 g/mol. The maximum atomic E-state index is 13.1. The quantitative estimate of drug-likeness (QED) is 0.783. The van der Waals surface area contributed by atoms with Crippen LogP contribution in [0.2, 0.25) is 0 Å². The summed E-state index contributed by atoms with van der Waals surface area (Å²) in [6.45, 7) is 1.90. The molecule has 3 nitrogen and oxygen atoms in total. The van der Waals surface area contributed by atoms with Gasteiger partial charge in [0.1, 0.15) is 5.83 Å². The molecule has 2 N–H and O–H groups in total. The monoisotopic (exact) mass is 299 g/mol. The maximum Gasteiger partial charge on any atom is 0.290 e. The van der Waals surface area contributed by atoms with E-state index in [9.17, 15) is 14.3 Å². The Balaban J connectivity index is 2.55. The van der Waals surface area contributed by atoms with E-state index >= 15 is 0 Å². The van der Waals surface area contributed by atoms with E-state index in [4.69, 9.17) is 0 Å². The summed E-state index contributed by atoms with van der Waals surface area (Å²) in [6.07, 6.45) is 3.41. The predicted molar refractivity (Wildman–Crippen MR) is 67.4 cm³/mol. The van der Waals surface area contributed by atoms with Gasteiger partial charge in [0.25, 0.3) is 5.56 Å². The fourth-order valence-electron chi connectivity index (χ4n) is 1.88. The highest BCUT2D eigenvalue weighted by Gasteiger charge is 2.19. The zero-order chi connectivity index (χ0) is 12.6. The predicted octanol–water partition coefficient (Wildman–Crippen LogP) is 3.12. The third-order valence-corrected chi connectivity index (χ3v) is 3.39. The van der Waals surface area contributed by atoms with E-state index in [0.717, 1.165) is 5.57 Å². The van der Waals surface area contributed by atoms with Gasteiger partial charge in [-0.3, -0.25) is 4.79 Å². The molecule has 1 unspecified atom stereocenters. The van der Waals surface area contributed by atoms with Crippen LogP contribution >= 0.6 is 15.9 Å². The van der Waals surface area contributed by atoms with E-state index in [1.165, 1.54) is 12.1 Å². The molecule has 0 bridgehead atoms. The molecule has 0 fully saturated rings. The third kappa shape index (κ3) is 2.34. The lowest BCUT2D eigenvalue weighted by molar-refractivity contribution is 0.465. The summed E-state index contributed by atoms with van der Waals surface area (Å²) < 4.78 is 13.6. The second-order valence-corrected chi connectivity index (χ2v) is 4.85. The van der Waals surface area contributed by atoms with Gasteiger partial charge in [-0.2, -0.15) is 0 Å². The Hall–Kier alpha value is -1.36. The first kappa shape index (κ1) is 12.1. The van der Waals surface area contributed by atoms with Gasteiger partial charge in [0.05, 0.1) is 4.60 Å². The van der Waals surface area contributed by atoms with Gasteiger partial charge in [-0.15, -0.1) is 0 Å². The zero-order valence-electron chi connectivity index (χ0n) is 9.13. The summed E-state index contributed by atoms with van der Waals surface area (Å²) in [5, 5.41) is 9.41. The van der Waals surface area contributed by atoms with E-state index in [1.54, 1.807) is 6.08 Å². The fourth-order valence-corrected chi connectivity index (χ4v) is 2.40. The van der Waals surface area contributed by atoms with Crippen molar-refractivity contribution in [3.8, 4) is 5.75 Å². The van der Waals surface area contributed by atoms with Gasteiger partial charge in [0.15, 0.2) is 5.75 Å². The molecule has 17 heavy (non-hydrogen) atoms. The lowest BCUT2D eigenvalue weighted by Gasteiger charge is -2.19. The zero-order valence-corrected chi connectivity index (χ0v) is 10.7. The molecule has 0 radical (unpaired) electrons. The smallest absolute Gasteiger partial charge is 0.290 e. The van der Waals surface area contributed by atoms with Crippen LogP contribution in [-0.4, -0.2) is 10.1 Å². The van der Waals surface area contributed by atoms with Gasteiger partial charge >= 0.3 is 0 Å². The average Bonchev–Trinajstić information content (AvgIpc) is 2.24. The molecule has 1 aliphatic carbocycles. The molecule has 1 heterocycles. The molecule has 0 aromatic carbocycles. The highest BCUT2D eigenvalue weighted by Crippen LogP contribution is 2.35. The van der Waals surface area contributed by atoms with Gasteiger partial charge in [-0.05, 0) is 39.6 Å². The topological polar surface area (TPSA) is 53.1 Å². The first-order valence-electron chi connectivity index (χ1n) is 5.17. The van der Waals surface area contributed by atoms with Crippen molar-refractivity contribution in [1.82, 2.24) is 4.98 Å². The van der Waals surface area contributed by atoms with Crippen molar-refractivity contribution in [3.63, 3.8) is 0 Å². The molecule has 0 saturated heterocycles. The number of allylic oxidation sites excluding steroid dienone is 4. The summed E-state index contributed by atoms with van der Waals surface area (Å²) >= 11 is 3.24. The van der Waals surface area contributed by atoms with E-state index in [1.807, 2.05) is 6.92 Å². The minimum atomic E-state index is -0.550. The van der Waals surface area contributed by atoms with Crippen LogP contribution in [0.3, 0.4) is 0 Å². The van der Waals surface area contributed by atoms with Gasteiger partial charge < -0.3 is 10.1 Å². The maximum absolute atomic E-state index is 13.1. The molecular formula is C12H11BrFNO2. The first-order chi connectivity index (χ1) is 7.99. The lowest BCUT2D eigenvalue weighted by Crippen LogP contribution is -2.10. The Morgan fingerprint density at radius 2 is 2.24 bits per heavy atom. The van der Waals surface area contributed by atoms with Crippen molar-refractivity contribution in [1.29, 1.82) is 0 Å². The SMILES string of the molecule is CC1CC(F)=CC=C1c1cc(O)c(=O)[nH]c1Br. The lowest BCUT2D eigenvalue weighted by atomic mass is 9.88. The van der Waals surface area contributed by atoms with Gasteiger partial charge in [0.2, 0.25) is 0 Å². The van der Waals surface area contributed by atoms with E-state index in [2.05, 4.69) is 20.9 Å². The molecule has 0 amide bonds. The third-order valence-electron chi connectivity index (χ3n) is 2.76. The number of pyridine rings is 1. The number of hydrogen-bond acceptors (Lipinski definition) is 2. The van der Waals surface area contributed by atoms with Crippen LogP contribution in [0.25, 0.3) is 5.57 Å². The molecule has 0 saturated carbocycles. The molecule has 1 aromatic heterocycles. The molecule has 2 rings (SSSR count). The summed E-state index contributed by atoms with van der Waals surface area (Å²) in [5.41, 5.74) is 1.01. The number of hydrogen-bond donors (Lipinski definition) is 2. The van der Waals surface area contributed by atoms with E-state index in [0.29, 0.717) is 16.6 Å². The molecule has 1 atom stereocenters. The Kier molecular flexibility index (Phi) is 3.19. The summed E-state index contributed by atoms with van der Waals surface area (Å²) in [4.78, 5) is 13.7. The van der Waals surface area contributed by atoms with Gasteiger partial charge in [-0.1, -0.05) is 13.0 Å². The van der Waals surface area contributed by atoms with Crippen molar-refractivity contribution in [3.05, 3.63) is 44.6 Å². The largest absolute Gasteiger partial charge is 0.503 e. The van der Waals surface area contributed by atoms with Crippen LogP contribution in [0.4, 0.5) is 4.39 Å². The van der Waals surface area contributed by atoms with Crippen molar-refractivity contribution in [2.24, 2.45) is 5.92 Å². The standard InChI is InChI=1S/C12H11BrFNO2/c1-6-4-7(14)2-3-8(6)9-5-10(16)12(17)15-11(9)13/h2-3,5-6,16H,4H2,1H3,(H,15,17). The molecule has 0 aliphatic heterocycles. The molecule has 90 valence electrons. The molecule has 5 heteroatoms. The van der Waals surface area contributed by atoms with Crippen LogP contribution in [0, 0.1) is 5.92 Å². The number of rotatable bonds is 1. The number of nitrogens with one attached hydrogen (secondary N) is 1. The fraction of sp³-hybridized carbons (Fsp3) is 0.250. The minimum Gasteiger partial charge on any atom is -0.503 e. The number of halogens is 2. The van der Waals surface area contributed by atoms with E-state index < -0.39 is 5.56 Å². The number of aromatic nitrogens is 1. The van der Waals surface area contributed by atoms with Gasteiger partial charge in [0, 0.05) is 12.0 Å². The van der Waals surface area contributed by atoms with Crippen LogP contribution < -0.4 is 5.56 Å². The van der Waals surface area contributed by atoms with Crippen LogP contribution in [0.5, 0.6) is 5.75 Å². The van der Waals surface area contributed by atoms with Crippen LogP contribution in [-0.2, 0) is 0 Å². The Bertz CT molecular complexity index is 574. The highest BCUT2D eigenvalue weighted by molar-refractivity contribution is 9.10. The molecule has 1 aliphatic rings.